The smallest absolute Gasteiger partial charge is 0.334 e. The second-order valence-electron chi connectivity index (χ2n) is 2.67. The lowest BCUT2D eigenvalue weighted by molar-refractivity contribution is -0.146. The number of aliphatic carboxylic acids is 1. The standard InChI is InChI=1S/C8H8ClNO5/c9-6-4(1-2-15-6)7(12)10-3-5(11)8(13)14/h1-2,5,11H,3H2,(H,10,12)(H,13,14)/t5-/m0/s1. The summed E-state index contributed by atoms with van der Waals surface area (Å²) in [4.78, 5) is 21.5. The molecule has 1 aromatic rings. The van der Waals surface area contributed by atoms with E-state index in [0.29, 0.717) is 0 Å². The highest BCUT2D eigenvalue weighted by atomic mass is 35.5. The van der Waals surface area contributed by atoms with Crippen molar-refractivity contribution in [1.82, 2.24) is 5.32 Å². The number of nitrogens with one attached hydrogen (secondary N) is 1. The molecular formula is C8H8ClNO5. The van der Waals surface area contributed by atoms with Crippen molar-refractivity contribution in [3.8, 4) is 0 Å². The molecule has 0 aliphatic carbocycles. The SMILES string of the molecule is O=C(NC[C@H](O)C(=O)O)c1ccoc1Cl. The Balaban J connectivity index is 2.51. The third kappa shape index (κ3) is 2.97. The molecule has 0 aromatic carbocycles. The van der Waals surface area contributed by atoms with Crippen molar-refractivity contribution in [2.45, 2.75) is 6.10 Å². The number of carbonyl (C=O) groups excluding carboxylic acids is 1. The monoisotopic (exact) mass is 233 g/mol. The molecule has 1 heterocycles. The maximum atomic E-state index is 11.3. The van der Waals surface area contributed by atoms with E-state index < -0.39 is 24.5 Å². The quantitative estimate of drug-likeness (QED) is 0.685. The highest BCUT2D eigenvalue weighted by Gasteiger charge is 2.17. The van der Waals surface area contributed by atoms with Crippen LogP contribution in [0.5, 0.6) is 0 Å². The molecule has 1 amide bonds. The Morgan fingerprint density at radius 3 is 2.73 bits per heavy atom. The Kier molecular flexibility index (Phi) is 3.70. The first-order valence-corrected chi connectivity index (χ1v) is 4.32. The van der Waals surface area contributed by atoms with E-state index in [-0.39, 0.29) is 10.8 Å². The maximum absolute atomic E-state index is 11.3. The van der Waals surface area contributed by atoms with Gasteiger partial charge in [0.05, 0.1) is 18.4 Å². The average Bonchev–Trinajstić information content (AvgIpc) is 2.60. The molecule has 0 saturated heterocycles. The topological polar surface area (TPSA) is 99.8 Å². The molecule has 15 heavy (non-hydrogen) atoms. The number of carboxylic acids is 1. The van der Waals surface area contributed by atoms with Crippen molar-refractivity contribution in [3.63, 3.8) is 0 Å². The first-order chi connectivity index (χ1) is 7.02. The second kappa shape index (κ2) is 4.81. The first kappa shape index (κ1) is 11.5. The number of aliphatic hydroxyl groups is 1. The number of rotatable bonds is 4. The van der Waals surface area contributed by atoms with Gasteiger partial charge in [0.2, 0.25) is 5.22 Å². The molecule has 1 atom stereocenters. The van der Waals surface area contributed by atoms with Crippen molar-refractivity contribution in [2.75, 3.05) is 6.54 Å². The Morgan fingerprint density at radius 1 is 1.60 bits per heavy atom. The zero-order valence-electron chi connectivity index (χ0n) is 7.44. The van der Waals surface area contributed by atoms with Crippen molar-refractivity contribution in [1.29, 1.82) is 0 Å². The molecule has 0 aliphatic rings. The Hall–Kier alpha value is -1.53. The van der Waals surface area contributed by atoms with E-state index >= 15 is 0 Å². The number of carboxylic acid groups (broad SMARTS) is 1. The number of hydrogen-bond donors (Lipinski definition) is 3. The molecule has 7 heteroatoms. The highest BCUT2D eigenvalue weighted by Crippen LogP contribution is 2.15. The van der Waals surface area contributed by atoms with Crippen LogP contribution in [0.3, 0.4) is 0 Å². The van der Waals surface area contributed by atoms with E-state index in [9.17, 15) is 9.59 Å². The normalized spacial score (nSPS) is 12.1. The summed E-state index contributed by atoms with van der Waals surface area (Å²) in [5.74, 6) is -2.01. The van der Waals surface area contributed by atoms with Crippen molar-refractivity contribution in [2.24, 2.45) is 0 Å². The summed E-state index contributed by atoms with van der Waals surface area (Å²) in [5, 5.41) is 19.3. The minimum atomic E-state index is -1.64. The van der Waals surface area contributed by atoms with Crippen molar-refractivity contribution >= 4 is 23.5 Å². The van der Waals surface area contributed by atoms with Gasteiger partial charge in [-0.1, -0.05) is 0 Å². The van der Waals surface area contributed by atoms with E-state index in [0.717, 1.165) is 0 Å². The fraction of sp³-hybridized carbons (Fsp3) is 0.250. The van der Waals surface area contributed by atoms with E-state index in [2.05, 4.69) is 9.73 Å². The van der Waals surface area contributed by atoms with Gasteiger partial charge >= 0.3 is 5.97 Å². The van der Waals surface area contributed by atoms with E-state index in [1.165, 1.54) is 12.3 Å². The maximum Gasteiger partial charge on any atom is 0.334 e. The van der Waals surface area contributed by atoms with Gasteiger partial charge in [0, 0.05) is 0 Å². The molecule has 0 unspecified atom stereocenters. The Bertz CT molecular complexity index is 375. The third-order valence-corrected chi connectivity index (χ3v) is 1.90. The van der Waals surface area contributed by atoms with Crippen LogP contribution in [0.1, 0.15) is 10.4 Å². The van der Waals surface area contributed by atoms with Crippen molar-refractivity contribution < 1.29 is 24.2 Å². The summed E-state index contributed by atoms with van der Waals surface area (Å²) in [7, 11) is 0. The average molecular weight is 234 g/mol. The summed E-state index contributed by atoms with van der Waals surface area (Å²) in [5.41, 5.74) is 0.0919. The zero-order valence-corrected chi connectivity index (χ0v) is 8.19. The van der Waals surface area contributed by atoms with Crippen molar-refractivity contribution in [3.05, 3.63) is 23.1 Å². The first-order valence-electron chi connectivity index (χ1n) is 3.94. The summed E-state index contributed by atoms with van der Waals surface area (Å²) < 4.78 is 4.67. The van der Waals surface area contributed by atoms with Gasteiger partial charge in [0.1, 0.15) is 0 Å². The van der Waals surface area contributed by atoms with Crippen LogP contribution in [0.4, 0.5) is 0 Å². The molecule has 0 saturated carbocycles. The highest BCUT2D eigenvalue weighted by molar-refractivity contribution is 6.32. The Labute approximate surface area is 89.5 Å². The lowest BCUT2D eigenvalue weighted by Gasteiger charge is -2.06. The van der Waals surface area contributed by atoms with E-state index in [4.69, 9.17) is 21.8 Å². The third-order valence-electron chi connectivity index (χ3n) is 1.60. The van der Waals surface area contributed by atoms with Gasteiger partial charge in [0.25, 0.3) is 5.91 Å². The number of amides is 1. The summed E-state index contributed by atoms with van der Waals surface area (Å²) in [6.07, 6.45) is -0.412. The molecule has 0 fully saturated rings. The van der Waals surface area contributed by atoms with Gasteiger partial charge in [0.15, 0.2) is 6.10 Å². The van der Waals surface area contributed by atoms with Gasteiger partial charge in [-0.05, 0) is 17.7 Å². The lowest BCUT2D eigenvalue weighted by atomic mass is 10.3. The number of furan rings is 1. The van der Waals surface area contributed by atoms with E-state index in [1.54, 1.807) is 0 Å². The minimum absolute atomic E-state index is 0.0858. The van der Waals surface area contributed by atoms with Crippen LogP contribution < -0.4 is 5.32 Å². The summed E-state index contributed by atoms with van der Waals surface area (Å²) in [6.45, 7) is -0.393. The second-order valence-corrected chi connectivity index (χ2v) is 3.02. The number of halogens is 1. The number of carbonyl (C=O) groups is 2. The molecular weight excluding hydrogens is 226 g/mol. The van der Waals surface area contributed by atoms with Crippen LogP contribution in [0.2, 0.25) is 5.22 Å². The number of hydrogen-bond acceptors (Lipinski definition) is 4. The van der Waals surface area contributed by atoms with Gasteiger partial charge in [-0.25, -0.2) is 4.79 Å². The van der Waals surface area contributed by atoms with Crippen LogP contribution in [-0.2, 0) is 4.79 Å². The predicted molar refractivity (Wildman–Crippen MR) is 49.7 cm³/mol. The molecule has 0 bridgehead atoms. The molecule has 6 nitrogen and oxygen atoms in total. The van der Waals surface area contributed by atoms with E-state index in [1.807, 2.05) is 0 Å². The van der Waals surface area contributed by atoms with Gasteiger partial charge in [-0.2, -0.15) is 0 Å². The molecule has 0 spiro atoms. The summed E-state index contributed by atoms with van der Waals surface area (Å²) in [6, 6.07) is 1.34. The van der Waals surface area contributed by atoms with Crippen LogP contribution in [-0.4, -0.2) is 34.7 Å². The predicted octanol–water partition coefficient (Wildman–Crippen LogP) is 0.108. The van der Waals surface area contributed by atoms with Gasteiger partial charge in [-0.3, -0.25) is 4.79 Å². The van der Waals surface area contributed by atoms with Gasteiger partial charge < -0.3 is 19.9 Å². The fourth-order valence-electron chi connectivity index (χ4n) is 0.828. The van der Waals surface area contributed by atoms with Gasteiger partial charge in [-0.15, -0.1) is 0 Å². The number of aliphatic hydroxyl groups excluding tert-OH is 1. The molecule has 0 radical (unpaired) electrons. The van der Waals surface area contributed by atoms with Crippen LogP contribution in [0.25, 0.3) is 0 Å². The summed E-state index contributed by atoms with van der Waals surface area (Å²) >= 11 is 5.51. The molecule has 82 valence electrons. The lowest BCUT2D eigenvalue weighted by Crippen LogP contribution is -2.36. The minimum Gasteiger partial charge on any atom is -0.479 e. The molecule has 1 aromatic heterocycles. The van der Waals surface area contributed by atoms with Crippen LogP contribution in [0, 0.1) is 0 Å². The molecule has 3 N–H and O–H groups in total. The molecule has 0 aliphatic heterocycles. The van der Waals surface area contributed by atoms with Crippen LogP contribution >= 0.6 is 11.6 Å². The zero-order chi connectivity index (χ0) is 11.4. The van der Waals surface area contributed by atoms with Crippen LogP contribution in [0.15, 0.2) is 16.7 Å². The largest absolute Gasteiger partial charge is 0.479 e. The molecule has 1 rings (SSSR count). The fourth-order valence-corrected chi connectivity index (χ4v) is 1.03. The Morgan fingerprint density at radius 2 is 2.27 bits per heavy atom.